The number of hydrogen-bond donors (Lipinski definition) is 1. The summed E-state index contributed by atoms with van der Waals surface area (Å²) in [5.74, 6) is -1.08. The minimum atomic E-state index is -0.553. The number of benzene rings is 1. The molecule has 0 spiro atoms. The molecule has 1 unspecified atom stereocenters. The molecule has 0 aliphatic carbocycles. The van der Waals surface area contributed by atoms with Crippen molar-refractivity contribution in [2.75, 3.05) is 7.05 Å². The summed E-state index contributed by atoms with van der Waals surface area (Å²) in [4.78, 5) is 4.21. The van der Waals surface area contributed by atoms with Crippen molar-refractivity contribution in [1.29, 1.82) is 0 Å². The molecule has 2 nitrogen and oxygen atoms in total. The van der Waals surface area contributed by atoms with Gasteiger partial charge in [-0.2, -0.15) is 0 Å². The van der Waals surface area contributed by atoms with Crippen LogP contribution >= 0.6 is 0 Å². The molecular formula is C15H16F2N2. The third kappa shape index (κ3) is 2.79. The summed E-state index contributed by atoms with van der Waals surface area (Å²) in [6.07, 6.45) is 1.70. The van der Waals surface area contributed by atoms with Crippen LogP contribution in [0, 0.1) is 25.5 Å². The molecule has 1 N–H and O–H groups in total. The molecule has 0 saturated carbocycles. The molecule has 0 radical (unpaired) electrons. The minimum Gasteiger partial charge on any atom is -0.309 e. The standard InChI is InChI=1S/C15H16F2N2/c1-9-6-12(14(17)7-13(9)16)15(18-3)11-5-4-10(2)19-8-11/h4-8,15,18H,1-3H3. The zero-order valence-electron chi connectivity index (χ0n) is 11.2. The fourth-order valence-corrected chi connectivity index (χ4v) is 2.05. The molecule has 1 aromatic heterocycles. The van der Waals surface area contributed by atoms with Crippen molar-refractivity contribution in [3.05, 3.63) is 64.5 Å². The topological polar surface area (TPSA) is 24.9 Å². The van der Waals surface area contributed by atoms with Gasteiger partial charge in [0.1, 0.15) is 11.6 Å². The Labute approximate surface area is 111 Å². The van der Waals surface area contributed by atoms with E-state index in [-0.39, 0.29) is 6.04 Å². The van der Waals surface area contributed by atoms with Crippen LogP contribution in [0.2, 0.25) is 0 Å². The van der Waals surface area contributed by atoms with Crippen LogP contribution in [0.15, 0.2) is 30.5 Å². The van der Waals surface area contributed by atoms with Gasteiger partial charge in [-0.05, 0) is 44.2 Å². The van der Waals surface area contributed by atoms with Gasteiger partial charge in [-0.3, -0.25) is 4.98 Å². The highest BCUT2D eigenvalue weighted by atomic mass is 19.1. The van der Waals surface area contributed by atoms with E-state index in [1.165, 1.54) is 6.07 Å². The largest absolute Gasteiger partial charge is 0.309 e. The lowest BCUT2D eigenvalue weighted by atomic mass is 9.97. The zero-order valence-corrected chi connectivity index (χ0v) is 11.2. The predicted molar refractivity (Wildman–Crippen MR) is 71.0 cm³/mol. The first-order valence-electron chi connectivity index (χ1n) is 6.08. The quantitative estimate of drug-likeness (QED) is 0.918. The number of halogens is 2. The van der Waals surface area contributed by atoms with E-state index >= 15 is 0 Å². The number of nitrogens with zero attached hydrogens (tertiary/aromatic N) is 1. The summed E-state index contributed by atoms with van der Waals surface area (Å²) in [5, 5.41) is 3.04. The normalized spacial score (nSPS) is 12.5. The zero-order chi connectivity index (χ0) is 14.0. The molecule has 4 heteroatoms. The molecule has 0 bridgehead atoms. The molecule has 1 atom stereocenters. The average Bonchev–Trinajstić information content (AvgIpc) is 2.38. The first kappa shape index (κ1) is 13.6. The summed E-state index contributed by atoms with van der Waals surface area (Å²) >= 11 is 0. The van der Waals surface area contributed by atoms with E-state index < -0.39 is 11.6 Å². The van der Waals surface area contributed by atoms with Gasteiger partial charge in [0.15, 0.2) is 0 Å². The Balaban J connectivity index is 2.47. The van der Waals surface area contributed by atoms with Crippen LogP contribution in [0.3, 0.4) is 0 Å². The molecule has 100 valence electrons. The lowest BCUT2D eigenvalue weighted by Crippen LogP contribution is -2.19. The lowest BCUT2D eigenvalue weighted by molar-refractivity contribution is 0.547. The van der Waals surface area contributed by atoms with Crippen molar-refractivity contribution in [2.45, 2.75) is 19.9 Å². The average molecular weight is 262 g/mol. The molecule has 19 heavy (non-hydrogen) atoms. The van der Waals surface area contributed by atoms with Crippen molar-refractivity contribution < 1.29 is 8.78 Å². The Morgan fingerprint density at radius 1 is 1.11 bits per heavy atom. The van der Waals surface area contributed by atoms with Gasteiger partial charge in [0.2, 0.25) is 0 Å². The first-order chi connectivity index (χ1) is 9.02. The van der Waals surface area contributed by atoms with Gasteiger partial charge < -0.3 is 5.32 Å². The van der Waals surface area contributed by atoms with Crippen LogP contribution in [0.4, 0.5) is 8.78 Å². The van der Waals surface area contributed by atoms with Crippen LogP contribution in [0.25, 0.3) is 0 Å². The van der Waals surface area contributed by atoms with Crippen LogP contribution in [0.1, 0.15) is 28.4 Å². The van der Waals surface area contributed by atoms with Crippen LogP contribution in [-0.4, -0.2) is 12.0 Å². The number of aromatic nitrogens is 1. The second-order valence-corrected chi connectivity index (χ2v) is 4.58. The molecule has 0 aliphatic rings. The van der Waals surface area contributed by atoms with Gasteiger partial charge in [0.05, 0.1) is 6.04 Å². The maximum absolute atomic E-state index is 13.9. The molecule has 1 aromatic carbocycles. The van der Waals surface area contributed by atoms with Crippen LogP contribution in [0.5, 0.6) is 0 Å². The number of pyridine rings is 1. The third-order valence-electron chi connectivity index (χ3n) is 3.15. The smallest absolute Gasteiger partial charge is 0.131 e. The van der Waals surface area contributed by atoms with E-state index in [2.05, 4.69) is 10.3 Å². The van der Waals surface area contributed by atoms with Crippen molar-refractivity contribution in [3.63, 3.8) is 0 Å². The summed E-state index contributed by atoms with van der Waals surface area (Å²) in [6.45, 7) is 3.51. The molecule has 0 saturated heterocycles. The van der Waals surface area contributed by atoms with E-state index in [4.69, 9.17) is 0 Å². The lowest BCUT2D eigenvalue weighted by Gasteiger charge is -2.18. The Bertz CT molecular complexity index is 579. The van der Waals surface area contributed by atoms with E-state index in [1.54, 1.807) is 20.2 Å². The van der Waals surface area contributed by atoms with Crippen molar-refractivity contribution >= 4 is 0 Å². The van der Waals surface area contributed by atoms with E-state index in [9.17, 15) is 8.78 Å². The maximum atomic E-state index is 13.9. The van der Waals surface area contributed by atoms with Crippen molar-refractivity contribution in [1.82, 2.24) is 10.3 Å². The van der Waals surface area contributed by atoms with Gasteiger partial charge >= 0.3 is 0 Å². The summed E-state index contributed by atoms with van der Waals surface area (Å²) in [5.41, 5.74) is 2.59. The predicted octanol–water partition coefficient (Wildman–Crippen LogP) is 3.29. The van der Waals surface area contributed by atoms with Gasteiger partial charge in [0.25, 0.3) is 0 Å². The summed E-state index contributed by atoms with van der Waals surface area (Å²) in [7, 11) is 1.74. The Kier molecular flexibility index (Phi) is 3.90. The number of aryl methyl sites for hydroxylation is 2. The first-order valence-corrected chi connectivity index (χ1v) is 6.08. The van der Waals surface area contributed by atoms with E-state index in [0.717, 1.165) is 17.3 Å². The fourth-order valence-electron chi connectivity index (χ4n) is 2.05. The number of hydrogen-bond acceptors (Lipinski definition) is 2. The molecule has 0 amide bonds. The third-order valence-corrected chi connectivity index (χ3v) is 3.15. The van der Waals surface area contributed by atoms with Gasteiger partial charge in [-0.1, -0.05) is 6.07 Å². The molecule has 1 heterocycles. The molecule has 0 fully saturated rings. The number of nitrogens with one attached hydrogen (secondary N) is 1. The van der Waals surface area contributed by atoms with Crippen LogP contribution in [-0.2, 0) is 0 Å². The van der Waals surface area contributed by atoms with Crippen LogP contribution < -0.4 is 5.32 Å². The summed E-state index contributed by atoms with van der Waals surface area (Å²) < 4.78 is 27.2. The van der Waals surface area contributed by atoms with E-state index in [1.807, 2.05) is 19.1 Å². The van der Waals surface area contributed by atoms with Gasteiger partial charge in [-0.15, -0.1) is 0 Å². The highest BCUT2D eigenvalue weighted by Crippen LogP contribution is 2.26. The minimum absolute atomic E-state index is 0.340. The second kappa shape index (κ2) is 5.45. The number of rotatable bonds is 3. The molecular weight excluding hydrogens is 246 g/mol. The SMILES string of the molecule is CNC(c1ccc(C)nc1)c1cc(C)c(F)cc1F. The van der Waals surface area contributed by atoms with Crippen molar-refractivity contribution in [3.8, 4) is 0 Å². The monoisotopic (exact) mass is 262 g/mol. The fraction of sp³-hybridized carbons (Fsp3) is 0.267. The second-order valence-electron chi connectivity index (χ2n) is 4.58. The molecule has 2 aromatic rings. The highest BCUT2D eigenvalue weighted by molar-refractivity contribution is 5.35. The Morgan fingerprint density at radius 3 is 2.42 bits per heavy atom. The van der Waals surface area contributed by atoms with Crippen molar-refractivity contribution in [2.24, 2.45) is 0 Å². The highest BCUT2D eigenvalue weighted by Gasteiger charge is 2.18. The Morgan fingerprint density at radius 2 is 1.84 bits per heavy atom. The molecule has 0 aliphatic heterocycles. The maximum Gasteiger partial charge on any atom is 0.131 e. The van der Waals surface area contributed by atoms with Gasteiger partial charge in [0, 0.05) is 23.5 Å². The summed E-state index contributed by atoms with van der Waals surface area (Å²) in [6, 6.07) is 5.88. The Hall–Kier alpha value is -1.81. The van der Waals surface area contributed by atoms with Gasteiger partial charge in [-0.25, -0.2) is 8.78 Å². The van der Waals surface area contributed by atoms with E-state index in [0.29, 0.717) is 11.1 Å². The molecule has 2 rings (SSSR count).